The van der Waals surface area contributed by atoms with Crippen LogP contribution < -0.4 is 4.74 Å². The fourth-order valence-corrected chi connectivity index (χ4v) is 2.69. The van der Waals surface area contributed by atoms with Crippen molar-refractivity contribution in [3.63, 3.8) is 0 Å². The van der Waals surface area contributed by atoms with Crippen LogP contribution in [-0.2, 0) is 9.53 Å². The lowest BCUT2D eigenvalue weighted by Gasteiger charge is -2.08. The van der Waals surface area contributed by atoms with Crippen molar-refractivity contribution in [3.8, 4) is 5.75 Å². The molecule has 0 aliphatic carbocycles. The summed E-state index contributed by atoms with van der Waals surface area (Å²) in [4.78, 5) is 16.5. The summed E-state index contributed by atoms with van der Waals surface area (Å²) in [6.07, 6.45) is 3.77. The molecule has 1 aliphatic rings. The standard InChI is InChI=1S/C20H18INO3/c1-2-3-12-24-18-7-5-4-6-15(18)13-17-20(23)25-19(22-17)14-8-10-16(21)11-9-14/h4-11,13H,2-3,12H2,1H3/b17-13-. The molecule has 3 rings (SSSR count). The first-order valence-electron chi connectivity index (χ1n) is 8.17. The van der Waals surface area contributed by atoms with Crippen molar-refractivity contribution in [2.24, 2.45) is 4.99 Å². The van der Waals surface area contributed by atoms with Crippen LogP contribution in [0.5, 0.6) is 5.75 Å². The number of rotatable bonds is 6. The number of cyclic esters (lactones) is 1. The molecular formula is C20H18INO3. The van der Waals surface area contributed by atoms with Gasteiger partial charge in [-0.1, -0.05) is 31.5 Å². The molecule has 0 aromatic heterocycles. The molecule has 0 unspecified atom stereocenters. The summed E-state index contributed by atoms with van der Waals surface area (Å²) >= 11 is 2.23. The third-order valence-electron chi connectivity index (χ3n) is 3.68. The van der Waals surface area contributed by atoms with Crippen molar-refractivity contribution in [3.05, 3.63) is 68.9 Å². The van der Waals surface area contributed by atoms with Crippen LogP contribution in [0.25, 0.3) is 6.08 Å². The van der Waals surface area contributed by atoms with Gasteiger partial charge in [-0.25, -0.2) is 9.79 Å². The molecule has 0 bridgehead atoms. The van der Waals surface area contributed by atoms with E-state index >= 15 is 0 Å². The zero-order chi connectivity index (χ0) is 17.6. The lowest BCUT2D eigenvalue weighted by Crippen LogP contribution is -2.05. The van der Waals surface area contributed by atoms with Crippen LogP contribution in [0.15, 0.2) is 59.2 Å². The summed E-state index contributed by atoms with van der Waals surface area (Å²) in [5, 5.41) is 0. The highest BCUT2D eigenvalue weighted by Gasteiger charge is 2.24. The number of esters is 1. The van der Waals surface area contributed by atoms with Gasteiger partial charge in [0, 0.05) is 14.7 Å². The van der Waals surface area contributed by atoms with Crippen LogP contribution in [-0.4, -0.2) is 18.5 Å². The Labute approximate surface area is 160 Å². The summed E-state index contributed by atoms with van der Waals surface area (Å²) in [7, 11) is 0. The van der Waals surface area contributed by atoms with Crippen molar-refractivity contribution in [1.82, 2.24) is 0 Å². The molecular weight excluding hydrogens is 429 g/mol. The first kappa shape index (κ1) is 17.7. The highest BCUT2D eigenvalue weighted by molar-refractivity contribution is 14.1. The zero-order valence-corrected chi connectivity index (χ0v) is 16.0. The highest BCUT2D eigenvalue weighted by Crippen LogP contribution is 2.25. The number of benzene rings is 2. The quantitative estimate of drug-likeness (QED) is 0.276. The molecule has 1 aliphatic heterocycles. The second kappa shape index (κ2) is 8.29. The van der Waals surface area contributed by atoms with Gasteiger partial charge in [0.25, 0.3) is 0 Å². The second-order valence-electron chi connectivity index (χ2n) is 5.58. The minimum absolute atomic E-state index is 0.278. The minimum Gasteiger partial charge on any atom is -0.493 e. The van der Waals surface area contributed by atoms with Gasteiger partial charge in [-0.15, -0.1) is 0 Å². The van der Waals surface area contributed by atoms with Gasteiger partial charge in [0.15, 0.2) is 5.70 Å². The van der Waals surface area contributed by atoms with Crippen molar-refractivity contribution < 1.29 is 14.3 Å². The van der Waals surface area contributed by atoms with Crippen LogP contribution in [0.2, 0.25) is 0 Å². The molecule has 0 fully saturated rings. The Morgan fingerprint density at radius 2 is 1.92 bits per heavy atom. The predicted octanol–water partition coefficient (Wildman–Crippen LogP) is 4.81. The number of nitrogens with zero attached hydrogens (tertiary/aromatic N) is 1. The first-order chi connectivity index (χ1) is 12.2. The summed E-state index contributed by atoms with van der Waals surface area (Å²) in [5.74, 6) is 0.628. The van der Waals surface area contributed by atoms with Gasteiger partial charge in [0.1, 0.15) is 5.75 Å². The number of para-hydroxylation sites is 1. The number of ether oxygens (including phenoxy) is 2. The van der Waals surface area contributed by atoms with E-state index < -0.39 is 5.97 Å². The van der Waals surface area contributed by atoms with Gasteiger partial charge in [-0.05, 0) is 65.4 Å². The molecule has 0 radical (unpaired) electrons. The number of halogens is 1. The minimum atomic E-state index is -0.447. The highest BCUT2D eigenvalue weighted by atomic mass is 127. The normalized spacial score (nSPS) is 15.2. The van der Waals surface area contributed by atoms with E-state index in [1.807, 2.05) is 48.5 Å². The van der Waals surface area contributed by atoms with Crippen LogP contribution >= 0.6 is 22.6 Å². The van der Waals surface area contributed by atoms with Gasteiger partial charge in [-0.3, -0.25) is 0 Å². The van der Waals surface area contributed by atoms with Crippen LogP contribution in [0.1, 0.15) is 30.9 Å². The Hall–Kier alpha value is -2.15. The van der Waals surface area contributed by atoms with E-state index in [-0.39, 0.29) is 5.70 Å². The van der Waals surface area contributed by atoms with Gasteiger partial charge in [0.05, 0.1) is 6.61 Å². The lowest BCUT2D eigenvalue weighted by atomic mass is 10.1. The SMILES string of the molecule is CCCCOc1ccccc1/C=C1\N=C(c2ccc(I)cc2)OC1=O. The van der Waals surface area contributed by atoms with Crippen molar-refractivity contribution in [1.29, 1.82) is 0 Å². The lowest BCUT2D eigenvalue weighted by molar-refractivity contribution is -0.129. The fourth-order valence-electron chi connectivity index (χ4n) is 2.33. The van der Waals surface area contributed by atoms with Crippen molar-refractivity contribution in [2.45, 2.75) is 19.8 Å². The monoisotopic (exact) mass is 447 g/mol. The molecule has 5 heteroatoms. The molecule has 0 amide bonds. The number of hydrogen-bond acceptors (Lipinski definition) is 4. The van der Waals surface area contributed by atoms with Crippen molar-refractivity contribution in [2.75, 3.05) is 6.61 Å². The molecule has 1 heterocycles. The Kier molecular flexibility index (Phi) is 5.86. The van der Waals surface area contributed by atoms with E-state index in [2.05, 4.69) is 34.5 Å². The molecule has 0 N–H and O–H groups in total. The maximum atomic E-state index is 12.2. The average molecular weight is 447 g/mol. The molecule has 128 valence electrons. The molecule has 0 spiro atoms. The Morgan fingerprint density at radius 1 is 1.16 bits per heavy atom. The second-order valence-corrected chi connectivity index (χ2v) is 6.83. The van der Waals surface area contributed by atoms with Gasteiger partial charge >= 0.3 is 5.97 Å². The molecule has 25 heavy (non-hydrogen) atoms. The zero-order valence-electron chi connectivity index (χ0n) is 13.9. The molecule has 4 nitrogen and oxygen atoms in total. The van der Waals surface area contributed by atoms with E-state index in [0.717, 1.165) is 33.3 Å². The third-order valence-corrected chi connectivity index (χ3v) is 4.40. The van der Waals surface area contributed by atoms with Gasteiger partial charge < -0.3 is 9.47 Å². The van der Waals surface area contributed by atoms with E-state index in [1.165, 1.54) is 0 Å². The largest absolute Gasteiger partial charge is 0.493 e. The average Bonchev–Trinajstić information content (AvgIpc) is 2.98. The molecule has 0 atom stereocenters. The van der Waals surface area contributed by atoms with Crippen LogP contribution in [0, 0.1) is 3.57 Å². The summed E-state index contributed by atoms with van der Waals surface area (Å²) in [5.41, 5.74) is 1.88. The molecule has 0 saturated carbocycles. The summed E-state index contributed by atoms with van der Waals surface area (Å²) in [6, 6.07) is 15.3. The molecule has 0 saturated heterocycles. The van der Waals surface area contributed by atoms with Crippen LogP contribution in [0.3, 0.4) is 0 Å². The maximum Gasteiger partial charge on any atom is 0.363 e. The van der Waals surface area contributed by atoms with E-state index in [4.69, 9.17) is 9.47 Å². The summed E-state index contributed by atoms with van der Waals surface area (Å²) in [6.45, 7) is 2.77. The van der Waals surface area contributed by atoms with Gasteiger partial charge in [-0.2, -0.15) is 0 Å². The smallest absolute Gasteiger partial charge is 0.363 e. The fraction of sp³-hybridized carbons (Fsp3) is 0.200. The number of carbonyl (C=O) groups excluding carboxylic acids is 1. The molecule has 2 aromatic carbocycles. The van der Waals surface area contributed by atoms with Crippen LogP contribution in [0.4, 0.5) is 0 Å². The number of hydrogen-bond donors (Lipinski definition) is 0. The predicted molar refractivity (Wildman–Crippen MR) is 107 cm³/mol. The topological polar surface area (TPSA) is 47.9 Å². The number of aliphatic imine (C=N–C) groups is 1. The Bertz CT molecular complexity index is 825. The number of carbonyl (C=O) groups is 1. The first-order valence-corrected chi connectivity index (χ1v) is 9.25. The van der Waals surface area contributed by atoms with Crippen molar-refractivity contribution >= 4 is 40.5 Å². The van der Waals surface area contributed by atoms with E-state index in [1.54, 1.807) is 6.08 Å². The Morgan fingerprint density at radius 3 is 2.68 bits per heavy atom. The number of unbranched alkanes of at least 4 members (excludes halogenated alkanes) is 1. The maximum absolute atomic E-state index is 12.2. The Balaban J connectivity index is 1.86. The third kappa shape index (κ3) is 4.48. The van der Waals surface area contributed by atoms with E-state index in [9.17, 15) is 4.79 Å². The van der Waals surface area contributed by atoms with E-state index in [0.29, 0.717) is 12.5 Å². The molecule has 2 aromatic rings. The van der Waals surface area contributed by atoms with Gasteiger partial charge in [0.2, 0.25) is 5.90 Å². The summed E-state index contributed by atoms with van der Waals surface area (Å²) < 4.78 is 12.2.